The fourth-order valence-corrected chi connectivity index (χ4v) is 7.07. The summed E-state index contributed by atoms with van der Waals surface area (Å²) in [6, 6.07) is 15.4. The van der Waals surface area contributed by atoms with E-state index in [4.69, 9.17) is 25.8 Å². The van der Waals surface area contributed by atoms with Crippen molar-refractivity contribution in [2.45, 2.75) is 51.5 Å². The summed E-state index contributed by atoms with van der Waals surface area (Å²) in [5.41, 5.74) is 2.60. The van der Waals surface area contributed by atoms with Crippen molar-refractivity contribution < 1.29 is 34.3 Å². The van der Waals surface area contributed by atoms with Crippen LogP contribution in [0.2, 0.25) is 5.02 Å². The van der Waals surface area contributed by atoms with Crippen LogP contribution in [-0.2, 0) is 22.7 Å². The van der Waals surface area contributed by atoms with Crippen LogP contribution in [-0.4, -0.2) is 113 Å². The smallest absolute Gasteiger partial charge is 0.326 e. The summed E-state index contributed by atoms with van der Waals surface area (Å²) in [5.74, 6) is -0.571. The number of nitrogens with one attached hydrogen (secondary N) is 1. The van der Waals surface area contributed by atoms with Gasteiger partial charge in [-0.25, -0.2) is 0 Å². The van der Waals surface area contributed by atoms with Gasteiger partial charge in [0.05, 0.1) is 23.8 Å². The number of β-amino-alcohol motifs (C(OH)–C–C–N with tert-alkyl or cyclic N) is 1. The number of nitrogens with zero attached hydrogens (tertiary/aromatic N) is 4. The van der Waals surface area contributed by atoms with Gasteiger partial charge in [0.2, 0.25) is 0 Å². The van der Waals surface area contributed by atoms with Crippen LogP contribution >= 0.6 is 11.6 Å². The Balaban J connectivity index is 1.38. The quantitative estimate of drug-likeness (QED) is 0.123. The van der Waals surface area contributed by atoms with Gasteiger partial charge in [-0.3, -0.25) is 20.0 Å². The summed E-state index contributed by atoms with van der Waals surface area (Å²) in [7, 11) is 0. The number of carboxylic acid groups (broad SMARTS) is 1. The molecule has 1 aromatic heterocycles. The number of hydrogen-bond donors (Lipinski definition) is 4. The second-order valence-electron chi connectivity index (χ2n) is 14.4. The predicted octanol–water partition coefficient (Wildman–Crippen LogP) is 4.84. The van der Waals surface area contributed by atoms with Crippen molar-refractivity contribution in [2.75, 3.05) is 65.7 Å². The molecule has 0 amide bonds. The molecule has 13 heteroatoms. The minimum Gasteiger partial charge on any atom is -0.489 e. The van der Waals surface area contributed by atoms with E-state index in [0.29, 0.717) is 41.3 Å². The van der Waals surface area contributed by atoms with Crippen molar-refractivity contribution in [3.05, 3.63) is 106 Å². The van der Waals surface area contributed by atoms with E-state index in [1.54, 1.807) is 24.4 Å². The Morgan fingerprint density at radius 2 is 1.84 bits per heavy atom. The SMILES string of the molecule is Cc1ccccc1C1=CC=CC(COc2cc(OCc3cncc(C#N)c3)c(CNC(C)(CO)C(=O)O)cc2Cl)(OCCCN2CCN(CCO)CC2)C1C. The maximum atomic E-state index is 11.9. The Bertz CT molecular complexity index is 1870. The molecular formula is C42H52ClN5O7. The van der Waals surface area contributed by atoms with Crippen LogP contribution in [0.5, 0.6) is 11.5 Å². The molecular weight excluding hydrogens is 722 g/mol. The summed E-state index contributed by atoms with van der Waals surface area (Å²) in [6.45, 7) is 11.3. The molecule has 1 fully saturated rings. The maximum Gasteiger partial charge on any atom is 0.326 e. The summed E-state index contributed by atoms with van der Waals surface area (Å²) >= 11 is 6.88. The lowest BCUT2D eigenvalue weighted by Crippen LogP contribution is -2.52. The lowest BCUT2D eigenvalue weighted by atomic mass is 9.76. The number of piperazine rings is 1. The fourth-order valence-electron chi connectivity index (χ4n) is 6.83. The van der Waals surface area contributed by atoms with Crippen molar-refractivity contribution in [3.63, 3.8) is 0 Å². The highest BCUT2D eigenvalue weighted by Crippen LogP contribution is 2.41. The topological polar surface area (TPSA) is 161 Å². The Morgan fingerprint density at radius 1 is 1.09 bits per heavy atom. The van der Waals surface area contributed by atoms with Crippen molar-refractivity contribution in [1.82, 2.24) is 20.1 Å². The first-order valence-corrected chi connectivity index (χ1v) is 19.0. The van der Waals surface area contributed by atoms with E-state index in [1.165, 1.54) is 13.1 Å². The number of rotatable bonds is 19. The number of aliphatic carboxylic acids is 1. The molecule has 5 rings (SSSR count). The van der Waals surface area contributed by atoms with Gasteiger partial charge in [-0.2, -0.15) is 5.26 Å². The molecule has 0 radical (unpaired) electrons. The van der Waals surface area contributed by atoms with Crippen molar-refractivity contribution in [1.29, 1.82) is 5.26 Å². The number of benzene rings is 2. The second kappa shape index (κ2) is 19.5. The maximum absolute atomic E-state index is 11.9. The van der Waals surface area contributed by atoms with Crippen LogP contribution in [0, 0.1) is 24.2 Å². The lowest BCUT2D eigenvalue weighted by molar-refractivity contribution is -0.145. The highest BCUT2D eigenvalue weighted by atomic mass is 35.5. The molecule has 3 unspecified atom stereocenters. The first kappa shape index (κ1) is 41.8. The number of ether oxygens (including phenoxy) is 3. The molecule has 1 aliphatic carbocycles. The highest BCUT2D eigenvalue weighted by Gasteiger charge is 2.40. The van der Waals surface area contributed by atoms with Crippen LogP contribution in [0.15, 0.2) is 73.1 Å². The van der Waals surface area contributed by atoms with Gasteiger partial charge in [0.15, 0.2) is 0 Å². The minimum atomic E-state index is -1.60. The number of halogens is 1. The standard InChI is InChI=1S/C42H52ClN5O7/c1-30-8-4-5-9-35(30)36-10-6-11-42(31(36)2,55-19-7-12-47-13-15-48(16-14-47)17-18-49)29-54-39-22-38(53-27-33-20-32(23-44)24-45-25-33)34(21-37(39)43)26-46-41(3,28-50)40(51)52/h4-6,8-11,20-22,24-25,31,46,49-50H,7,12-19,26-29H2,1-3H3,(H,51,52). The zero-order valence-electron chi connectivity index (χ0n) is 31.8. The van der Waals surface area contributed by atoms with Gasteiger partial charge in [0.25, 0.3) is 0 Å². The number of nitriles is 1. The summed E-state index contributed by atoms with van der Waals surface area (Å²) in [4.78, 5) is 20.8. The highest BCUT2D eigenvalue weighted by molar-refractivity contribution is 6.32. The third-order valence-electron chi connectivity index (χ3n) is 10.5. The average Bonchev–Trinajstić information content (AvgIpc) is 3.19. The molecule has 2 aromatic carbocycles. The third kappa shape index (κ3) is 10.7. The predicted molar refractivity (Wildman–Crippen MR) is 211 cm³/mol. The van der Waals surface area contributed by atoms with E-state index in [0.717, 1.165) is 55.8 Å². The molecule has 12 nitrogen and oxygen atoms in total. The molecule has 3 atom stereocenters. The molecule has 4 N–H and O–H groups in total. The fraction of sp³-hybridized carbons (Fsp3) is 0.452. The van der Waals surface area contributed by atoms with Crippen molar-refractivity contribution >= 4 is 23.1 Å². The molecule has 55 heavy (non-hydrogen) atoms. The number of hydrogen-bond acceptors (Lipinski definition) is 11. The molecule has 3 aromatic rings. The van der Waals surface area contributed by atoms with Crippen molar-refractivity contribution in [3.8, 4) is 17.6 Å². The average molecular weight is 774 g/mol. The van der Waals surface area contributed by atoms with Crippen LogP contribution in [0.4, 0.5) is 0 Å². The van der Waals surface area contributed by atoms with Crippen LogP contribution in [0.1, 0.15) is 48.1 Å². The van der Waals surface area contributed by atoms with E-state index in [-0.39, 0.29) is 37.3 Å². The van der Waals surface area contributed by atoms with Gasteiger partial charge >= 0.3 is 5.97 Å². The number of aryl methyl sites for hydroxylation is 1. The summed E-state index contributed by atoms with van der Waals surface area (Å²) in [5, 5.41) is 41.4. The first-order chi connectivity index (χ1) is 26.5. The Labute approximate surface area is 328 Å². The Morgan fingerprint density at radius 3 is 2.53 bits per heavy atom. The number of aromatic nitrogens is 1. The van der Waals surface area contributed by atoms with Gasteiger partial charge in [0.1, 0.15) is 41.9 Å². The van der Waals surface area contributed by atoms with Gasteiger partial charge in [0, 0.05) is 87.9 Å². The van der Waals surface area contributed by atoms with E-state index in [1.807, 2.05) is 18.2 Å². The number of aliphatic hydroxyl groups is 2. The van der Waals surface area contributed by atoms with Crippen molar-refractivity contribution in [2.24, 2.45) is 5.92 Å². The van der Waals surface area contributed by atoms with Gasteiger partial charge in [-0.15, -0.1) is 0 Å². The molecule has 1 saturated heterocycles. The lowest BCUT2D eigenvalue weighted by Gasteiger charge is -2.40. The van der Waals surface area contributed by atoms with Crippen LogP contribution < -0.4 is 14.8 Å². The summed E-state index contributed by atoms with van der Waals surface area (Å²) in [6.07, 6.45) is 10.1. The Kier molecular flexibility index (Phi) is 14.8. The molecule has 294 valence electrons. The molecule has 0 bridgehead atoms. The van der Waals surface area contributed by atoms with E-state index in [9.17, 15) is 25.4 Å². The molecule has 0 saturated carbocycles. The molecule has 2 aliphatic rings. The molecule has 2 heterocycles. The second-order valence-corrected chi connectivity index (χ2v) is 14.8. The van der Waals surface area contributed by atoms with Crippen LogP contribution in [0.25, 0.3) is 5.57 Å². The molecule has 1 aliphatic heterocycles. The monoisotopic (exact) mass is 773 g/mol. The number of carbonyl (C=O) groups is 1. The van der Waals surface area contributed by atoms with E-state index >= 15 is 0 Å². The zero-order chi connectivity index (χ0) is 39.4. The molecule has 0 spiro atoms. The summed E-state index contributed by atoms with van der Waals surface area (Å²) < 4.78 is 19.7. The largest absolute Gasteiger partial charge is 0.489 e. The van der Waals surface area contributed by atoms with Gasteiger partial charge in [-0.05, 0) is 55.2 Å². The normalized spacial score (nSPS) is 20.0. The van der Waals surface area contributed by atoms with Crippen LogP contribution in [0.3, 0.4) is 0 Å². The third-order valence-corrected chi connectivity index (χ3v) is 10.8. The number of aliphatic hydroxyl groups excluding tert-OH is 2. The Hall–Kier alpha value is -4.32. The van der Waals surface area contributed by atoms with E-state index in [2.05, 4.69) is 64.3 Å². The minimum absolute atomic E-state index is 0.0169. The zero-order valence-corrected chi connectivity index (χ0v) is 32.6. The van der Waals surface area contributed by atoms with E-state index < -0.39 is 23.7 Å². The first-order valence-electron chi connectivity index (χ1n) is 18.7. The number of allylic oxidation sites excluding steroid dienone is 2. The number of pyridine rings is 1. The number of carboxylic acids is 1. The van der Waals surface area contributed by atoms with Gasteiger partial charge in [-0.1, -0.05) is 54.9 Å². The van der Waals surface area contributed by atoms with Gasteiger partial charge < -0.3 is 34.4 Å².